The van der Waals surface area contributed by atoms with Crippen LogP contribution in [0.2, 0.25) is 0 Å². The molecule has 1 aromatic carbocycles. The number of ether oxygens (including phenoxy) is 2. The van der Waals surface area contributed by atoms with E-state index < -0.39 is 24.1 Å². The molecule has 0 bridgehead atoms. The highest BCUT2D eigenvalue weighted by atomic mass is 16.5. The third-order valence-electron chi connectivity index (χ3n) is 6.04. The monoisotopic (exact) mass is 448 g/mol. The molecule has 1 aliphatic rings. The van der Waals surface area contributed by atoms with E-state index in [2.05, 4.69) is 10.6 Å². The highest BCUT2D eigenvalue weighted by molar-refractivity contribution is 5.99. The number of carbonyl (C=O) groups is 2. The number of benzene rings is 1. The first-order valence-electron chi connectivity index (χ1n) is 12.1. The van der Waals surface area contributed by atoms with Crippen LogP contribution in [0.5, 0.6) is 5.75 Å². The number of aliphatic hydroxyl groups is 1. The molecule has 180 valence electrons. The normalized spacial score (nSPS) is 16.1. The number of hydrogen-bond donors (Lipinski definition) is 3. The van der Waals surface area contributed by atoms with E-state index in [0.717, 1.165) is 30.9 Å². The second-order valence-electron chi connectivity index (χ2n) is 8.93. The summed E-state index contributed by atoms with van der Waals surface area (Å²) in [4.78, 5) is 24.5. The van der Waals surface area contributed by atoms with Crippen LogP contribution in [0.1, 0.15) is 78.1 Å². The van der Waals surface area contributed by atoms with Crippen LogP contribution in [0.3, 0.4) is 0 Å². The van der Waals surface area contributed by atoms with Crippen LogP contribution < -0.4 is 15.4 Å². The first kappa shape index (κ1) is 26.0. The third kappa shape index (κ3) is 9.07. The van der Waals surface area contributed by atoms with Gasteiger partial charge in [0, 0.05) is 5.69 Å². The van der Waals surface area contributed by atoms with E-state index in [1.165, 1.54) is 51.9 Å². The Bertz CT molecular complexity index is 688. The van der Waals surface area contributed by atoms with Crippen LogP contribution in [-0.4, -0.2) is 42.5 Å². The summed E-state index contributed by atoms with van der Waals surface area (Å²) < 4.78 is 10.8. The minimum absolute atomic E-state index is 0.271. The largest absolute Gasteiger partial charge is 0.494 e. The van der Waals surface area contributed by atoms with E-state index in [1.807, 2.05) is 6.92 Å². The molecule has 2 amide bonds. The zero-order valence-electron chi connectivity index (χ0n) is 19.7. The summed E-state index contributed by atoms with van der Waals surface area (Å²) in [6, 6.07) is 7.10. The molecule has 1 aliphatic carbocycles. The van der Waals surface area contributed by atoms with Crippen LogP contribution >= 0.6 is 0 Å². The molecular weight excluding hydrogens is 408 g/mol. The maximum atomic E-state index is 12.6. The van der Waals surface area contributed by atoms with Gasteiger partial charge in [0.1, 0.15) is 11.3 Å². The van der Waals surface area contributed by atoms with E-state index in [0.29, 0.717) is 12.3 Å². The standard InChI is InChI=1S/C25H40N2O5/c1-3-4-17-32-24(30)27-25(2,19-28)23(29)26-21-13-15-22(16-14-21)31-18-9-8-12-20-10-6-5-7-11-20/h13-16,20,28H,3-12,17-19H2,1-2H3,(H,26,29)(H,27,30)/t25-/m0/s1. The Balaban J connectivity index is 1.72. The SMILES string of the molecule is CCCCOC(=O)N[C@@](C)(CO)C(=O)Nc1ccc(OCCCCC2CCCCC2)cc1. The summed E-state index contributed by atoms with van der Waals surface area (Å²) in [6.45, 7) is 3.84. The van der Waals surface area contributed by atoms with Crippen LogP contribution in [0.4, 0.5) is 10.5 Å². The summed E-state index contributed by atoms with van der Waals surface area (Å²) in [5, 5.41) is 14.8. The summed E-state index contributed by atoms with van der Waals surface area (Å²) in [5.41, 5.74) is -0.933. The maximum Gasteiger partial charge on any atom is 0.408 e. The first-order chi connectivity index (χ1) is 15.5. The lowest BCUT2D eigenvalue weighted by atomic mass is 9.86. The van der Waals surface area contributed by atoms with Gasteiger partial charge in [-0.15, -0.1) is 0 Å². The van der Waals surface area contributed by atoms with Crippen molar-refractivity contribution in [3.63, 3.8) is 0 Å². The quantitative estimate of drug-likeness (QED) is 0.368. The molecule has 0 aromatic heterocycles. The Labute approximate surface area is 192 Å². The topological polar surface area (TPSA) is 96.9 Å². The lowest BCUT2D eigenvalue weighted by molar-refractivity contribution is -0.123. The Morgan fingerprint density at radius 3 is 2.44 bits per heavy atom. The van der Waals surface area contributed by atoms with Gasteiger partial charge in [0.05, 0.1) is 19.8 Å². The van der Waals surface area contributed by atoms with Gasteiger partial charge in [0.25, 0.3) is 5.91 Å². The fraction of sp³-hybridized carbons (Fsp3) is 0.680. The van der Waals surface area contributed by atoms with Crippen molar-refractivity contribution in [2.45, 2.75) is 83.6 Å². The number of amides is 2. The molecular formula is C25H40N2O5. The molecule has 3 N–H and O–H groups in total. The number of hydrogen-bond acceptors (Lipinski definition) is 5. The summed E-state index contributed by atoms with van der Waals surface area (Å²) in [6.07, 6.45) is 11.4. The number of nitrogens with one attached hydrogen (secondary N) is 2. The number of alkyl carbamates (subject to hydrolysis) is 1. The van der Waals surface area contributed by atoms with Gasteiger partial charge in [0.2, 0.25) is 0 Å². The van der Waals surface area contributed by atoms with Crippen molar-refractivity contribution in [1.82, 2.24) is 5.32 Å². The molecule has 1 fully saturated rings. The van der Waals surface area contributed by atoms with Crippen molar-refractivity contribution in [1.29, 1.82) is 0 Å². The van der Waals surface area contributed by atoms with Crippen molar-refractivity contribution in [2.75, 3.05) is 25.1 Å². The molecule has 2 rings (SSSR count). The van der Waals surface area contributed by atoms with Gasteiger partial charge in [-0.1, -0.05) is 51.9 Å². The van der Waals surface area contributed by atoms with Crippen molar-refractivity contribution < 1.29 is 24.2 Å². The summed E-state index contributed by atoms with van der Waals surface area (Å²) in [7, 11) is 0. The Morgan fingerprint density at radius 1 is 1.06 bits per heavy atom. The van der Waals surface area contributed by atoms with Gasteiger partial charge in [-0.05, 0) is 56.4 Å². The number of rotatable bonds is 13. The van der Waals surface area contributed by atoms with E-state index in [-0.39, 0.29) is 6.61 Å². The van der Waals surface area contributed by atoms with Crippen molar-refractivity contribution >= 4 is 17.7 Å². The van der Waals surface area contributed by atoms with E-state index in [1.54, 1.807) is 24.3 Å². The average molecular weight is 449 g/mol. The summed E-state index contributed by atoms with van der Waals surface area (Å²) >= 11 is 0. The van der Waals surface area contributed by atoms with Gasteiger partial charge in [-0.3, -0.25) is 4.79 Å². The van der Waals surface area contributed by atoms with Gasteiger partial charge in [-0.2, -0.15) is 0 Å². The third-order valence-corrected chi connectivity index (χ3v) is 6.04. The minimum Gasteiger partial charge on any atom is -0.494 e. The minimum atomic E-state index is -1.49. The molecule has 1 atom stereocenters. The second-order valence-corrected chi connectivity index (χ2v) is 8.93. The van der Waals surface area contributed by atoms with E-state index in [4.69, 9.17) is 9.47 Å². The molecule has 0 radical (unpaired) electrons. The molecule has 0 aliphatic heterocycles. The lowest BCUT2D eigenvalue weighted by Crippen LogP contribution is -2.57. The lowest BCUT2D eigenvalue weighted by Gasteiger charge is -2.27. The molecule has 1 aromatic rings. The number of unbranched alkanes of at least 4 members (excludes halogenated alkanes) is 2. The Kier molecular flexibility index (Phi) is 11.4. The van der Waals surface area contributed by atoms with Crippen molar-refractivity contribution in [3.8, 4) is 5.75 Å². The van der Waals surface area contributed by atoms with Crippen LogP contribution in [0.15, 0.2) is 24.3 Å². The van der Waals surface area contributed by atoms with Gasteiger partial charge >= 0.3 is 6.09 Å². The molecule has 0 spiro atoms. The van der Waals surface area contributed by atoms with Crippen LogP contribution in [-0.2, 0) is 9.53 Å². The van der Waals surface area contributed by atoms with Crippen LogP contribution in [0, 0.1) is 5.92 Å². The zero-order chi connectivity index (χ0) is 23.2. The number of aliphatic hydroxyl groups excluding tert-OH is 1. The number of anilines is 1. The van der Waals surface area contributed by atoms with Crippen LogP contribution in [0.25, 0.3) is 0 Å². The molecule has 7 nitrogen and oxygen atoms in total. The first-order valence-corrected chi connectivity index (χ1v) is 12.1. The fourth-order valence-electron chi connectivity index (χ4n) is 3.84. The molecule has 32 heavy (non-hydrogen) atoms. The highest BCUT2D eigenvalue weighted by Gasteiger charge is 2.35. The maximum absolute atomic E-state index is 12.6. The van der Waals surface area contributed by atoms with Crippen molar-refractivity contribution in [3.05, 3.63) is 24.3 Å². The van der Waals surface area contributed by atoms with Gasteiger partial charge in [0.15, 0.2) is 0 Å². The fourth-order valence-corrected chi connectivity index (χ4v) is 3.84. The Hall–Kier alpha value is -2.28. The van der Waals surface area contributed by atoms with E-state index in [9.17, 15) is 14.7 Å². The smallest absolute Gasteiger partial charge is 0.408 e. The molecule has 0 unspecified atom stereocenters. The molecule has 1 saturated carbocycles. The van der Waals surface area contributed by atoms with Gasteiger partial charge in [-0.25, -0.2) is 4.79 Å². The highest BCUT2D eigenvalue weighted by Crippen LogP contribution is 2.27. The number of carbonyl (C=O) groups excluding carboxylic acids is 2. The second kappa shape index (κ2) is 14.0. The van der Waals surface area contributed by atoms with E-state index >= 15 is 0 Å². The molecule has 0 saturated heterocycles. The van der Waals surface area contributed by atoms with Gasteiger partial charge < -0.3 is 25.2 Å². The predicted molar refractivity (Wildman–Crippen MR) is 126 cm³/mol. The summed E-state index contributed by atoms with van der Waals surface area (Å²) in [5.74, 6) is 1.14. The Morgan fingerprint density at radius 2 is 1.78 bits per heavy atom. The molecule has 0 heterocycles. The molecule has 7 heteroatoms. The zero-order valence-corrected chi connectivity index (χ0v) is 19.7. The average Bonchev–Trinajstić information content (AvgIpc) is 2.80. The predicted octanol–water partition coefficient (Wildman–Crippen LogP) is 5.03. The van der Waals surface area contributed by atoms with Crippen molar-refractivity contribution in [2.24, 2.45) is 5.92 Å².